The molecule has 0 aromatic carbocycles. The van der Waals surface area contributed by atoms with Gasteiger partial charge in [-0.2, -0.15) is 5.10 Å². The van der Waals surface area contributed by atoms with E-state index in [-0.39, 0.29) is 11.8 Å². The molecule has 1 fully saturated rings. The van der Waals surface area contributed by atoms with Gasteiger partial charge in [0.15, 0.2) is 0 Å². The quantitative estimate of drug-likeness (QED) is 0.618. The zero-order valence-corrected chi connectivity index (χ0v) is 18.0. The van der Waals surface area contributed by atoms with Gasteiger partial charge in [0.2, 0.25) is 5.91 Å². The Labute approximate surface area is 170 Å². The Balaban J connectivity index is 1.60. The van der Waals surface area contributed by atoms with Gasteiger partial charge in [-0.05, 0) is 46.7 Å². The second kappa shape index (κ2) is 8.61. The number of hydrogen-bond acceptors (Lipinski definition) is 5. The molecule has 2 aromatic heterocycles. The molecule has 2 aromatic rings. The number of thiophene rings is 1. The summed E-state index contributed by atoms with van der Waals surface area (Å²) in [6.07, 6.45) is 6.14. The summed E-state index contributed by atoms with van der Waals surface area (Å²) in [6.45, 7) is 6.43. The highest BCUT2D eigenvalue weighted by atomic mass is 32.1. The molecule has 3 rings (SSSR count). The van der Waals surface area contributed by atoms with E-state index in [1.165, 1.54) is 30.6 Å². The number of nitrogens with one attached hydrogen (secondary N) is 3. The van der Waals surface area contributed by atoms with Gasteiger partial charge >= 0.3 is 0 Å². The molecule has 8 heteroatoms. The van der Waals surface area contributed by atoms with E-state index in [2.05, 4.69) is 20.6 Å². The van der Waals surface area contributed by atoms with Crippen LogP contribution < -0.4 is 16.0 Å². The first kappa shape index (κ1) is 20.8. The monoisotopic (exact) mass is 405 g/mol. The first-order valence-electron chi connectivity index (χ1n) is 10.1. The number of nitrogens with zero attached hydrogens (tertiary/aromatic N) is 2. The largest absolute Gasteiger partial charge is 0.353 e. The first-order chi connectivity index (χ1) is 13.3. The Hall–Kier alpha value is -1.93. The van der Waals surface area contributed by atoms with Crippen molar-refractivity contribution in [1.29, 1.82) is 0 Å². The van der Waals surface area contributed by atoms with Crippen molar-refractivity contribution >= 4 is 33.4 Å². The Morgan fingerprint density at radius 1 is 1.21 bits per heavy atom. The van der Waals surface area contributed by atoms with E-state index in [0.717, 1.165) is 28.8 Å². The Morgan fingerprint density at radius 3 is 2.57 bits per heavy atom. The van der Waals surface area contributed by atoms with Gasteiger partial charge in [0.1, 0.15) is 4.83 Å². The highest BCUT2D eigenvalue weighted by molar-refractivity contribution is 7.20. The third-order valence-corrected chi connectivity index (χ3v) is 6.72. The number of hydrogen-bond donors (Lipinski definition) is 3. The van der Waals surface area contributed by atoms with Crippen LogP contribution in [0, 0.1) is 6.92 Å². The van der Waals surface area contributed by atoms with Crippen LogP contribution in [0.2, 0.25) is 0 Å². The van der Waals surface area contributed by atoms with Gasteiger partial charge < -0.3 is 16.0 Å². The van der Waals surface area contributed by atoms with Crippen LogP contribution in [0.1, 0.15) is 67.4 Å². The zero-order chi connectivity index (χ0) is 20.3. The Bertz CT molecular complexity index is 848. The van der Waals surface area contributed by atoms with E-state index < -0.39 is 5.54 Å². The molecule has 0 atom stereocenters. The molecule has 154 valence electrons. The highest BCUT2D eigenvalue weighted by Crippen LogP contribution is 2.35. The zero-order valence-electron chi connectivity index (χ0n) is 17.2. The topological polar surface area (TPSA) is 88.1 Å². The van der Waals surface area contributed by atoms with Crippen molar-refractivity contribution in [2.45, 2.75) is 64.5 Å². The number of amides is 2. The summed E-state index contributed by atoms with van der Waals surface area (Å²) in [5.41, 5.74) is 0.357. The number of aromatic nitrogens is 2. The van der Waals surface area contributed by atoms with Crippen molar-refractivity contribution in [3.63, 3.8) is 0 Å². The van der Waals surface area contributed by atoms with Crippen molar-refractivity contribution in [1.82, 2.24) is 25.7 Å². The summed E-state index contributed by atoms with van der Waals surface area (Å²) in [7, 11) is 1.75. The molecule has 0 aliphatic heterocycles. The van der Waals surface area contributed by atoms with E-state index in [9.17, 15) is 9.59 Å². The lowest BCUT2D eigenvalue weighted by atomic mass is 9.96. The van der Waals surface area contributed by atoms with Crippen molar-refractivity contribution in [2.24, 2.45) is 0 Å². The molecule has 0 unspecified atom stereocenters. The average molecular weight is 406 g/mol. The minimum atomic E-state index is -0.627. The Morgan fingerprint density at radius 2 is 1.89 bits per heavy atom. The molecule has 1 aliphatic carbocycles. The van der Waals surface area contributed by atoms with Crippen LogP contribution >= 0.6 is 11.3 Å². The van der Waals surface area contributed by atoms with E-state index in [1.807, 2.05) is 26.8 Å². The van der Waals surface area contributed by atoms with E-state index in [1.54, 1.807) is 7.05 Å². The van der Waals surface area contributed by atoms with Crippen LogP contribution in [-0.4, -0.2) is 47.3 Å². The maximum atomic E-state index is 12.6. The SMILES string of the molecule is CNC(C)(C)C(=O)NCCNC(=O)c1cc2c(C)nn(C3CCCCC3)c2s1. The van der Waals surface area contributed by atoms with Crippen molar-refractivity contribution in [3.05, 3.63) is 16.6 Å². The maximum Gasteiger partial charge on any atom is 0.261 e. The van der Waals surface area contributed by atoms with Crippen molar-refractivity contribution in [2.75, 3.05) is 20.1 Å². The average Bonchev–Trinajstić information content (AvgIpc) is 3.26. The minimum Gasteiger partial charge on any atom is -0.353 e. The third-order valence-electron chi connectivity index (χ3n) is 5.60. The number of carbonyl (C=O) groups is 2. The molecule has 28 heavy (non-hydrogen) atoms. The van der Waals surface area contributed by atoms with Gasteiger partial charge in [-0.1, -0.05) is 19.3 Å². The molecule has 2 amide bonds. The van der Waals surface area contributed by atoms with Crippen molar-refractivity contribution < 1.29 is 9.59 Å². The lowest BCUT2D eigenvalue weighted by molar-refractivity contribution is -0.126. The molecular weight excluding hydrogens is 374 g/mol. The number of fused-ring (bicyclic) bond motifs is 1. The molecule has 0 bridgehead atoms. The van der Waals surface area contributed by atoms with Crippen LogP contribution in [-0.2, 0) is 4.79 Å². The number of rotatable bonds is 7. The molecular formula is C20H31N5O2S. The molecule has 1 aliphatic rings. The van der Waals surface area contributed by atoms with Gasteiger partial charge in [0, 0.05) is 18.5 Å². The number of likely N-dealkylation sites (N-methyl/N-ethyl adjacent to an activating group) is 1. The summed E-state index contributed by atoms with van der Waals surface area (Å²) in [5.74, 6) is -0.188. The maximum absolute atomic E-state index is 12.6. The second-order valence-electron chi connectivity index (χ2n) is 8.04. The van der Waals surface area contributed by atoms with Crippen LogP contribution in [0.15, 0.2) is 6.07 Å². The summed E-state index contributed by atoms with van der Waals surface area (Å²) in [5, 5.41) is 14.5. The second-order valence-corrected chi connectivity index (χ2v) is 9.07. The molecule has 1 saturated carbocycles. The summed E-state index contributed by atoms with van der Waals surface area (Å²) in [6, 6.07) is 2.39. The van der Waals surface area contributed by atoms with Gasteiger partial charge in [0.25, 0.3) is 5.91 Å². The smallest absolute Gasteiger partial charge is 0.261 e. The molecule has 0 saturated heterocycles. The predicted molar refractivity (Wildman–Crippen MR) is 113 cm³/mol. The highest BCUT2D eigenvalue weighted by Gasteiger charge is 2.25. The summed E-state index contributed by atoms with van der Waals surface area (Å²) in [4.78, 5) is 26.4. The first-order valence-corrected chi connectivity index (χ1v) is 10.9. The van der Waals surface area contributed by atoms with Gasteiger partial charge in [-0.25, -0.2) is 0 Å². The fourth-order valence-electron chi connectivity index (χ4n) is 3.53. The fraction of sp³-hybridized carbons (Fsp3) is 0.650. The number of carbonyl (C=O) groups excluding carboxylic acids is 2. The lowest BCUT2D eigenvalue weighted by Crippen LogP contribution is -2.52. The molecule has 0 radical (unpaired) electrons. The lowest BCUT2D eigenvalue weighted by Gasteiger charge is -2.22. The van der Waals surface area contributed by atoms with Crippen LogP contribution in [0.25, 0.3) is 10.2 Å². The third kappa shape index (κ3) is 4.38. The molecule has 2 heterocycles. The van der Waals surface area contributed by atoms with Gasteiger partial charge in [-0.15, -0.1) is 11.3 Å². The van der Waals surface area contributed by atoms with Crippen LogP contribution in [0.3, 0.4) is 0 Å². The van der Waals surface area contributed by atoms with Gasteiger partial charge in [-0.3, -0.25) is 14.3 Å². The standard InChI is InChI=1S/C20H31N5O2S/c1-13-15-12-16(17(26)22-10-11-23-19(27)20(2,3)21-4)28-18(15)25(24-13)14-8-6-5-7-9-14/h12,14,21H,5-11H2,1-4H3,(H,22,26)(H,23,27). The van der Waals surface area contributed by atoms with Crippen LogP contribution in [0.4, 0.5) is 0 Å². The Kier molecular flexibility index (Phi) is 6.40. The summed E-state index contributed by atoms with van der Waals surface area (Å²) < 4.78 is 2.14. The van der Waals surface area contributed by atoms with Crippen molar-refractivity contribution in [3.8, 4) is 0 Å². The normalized spacial score (nSPS) is 15.7. The minimum absolute atomic E-state index is 0.0886. The molecule has 0 spiro atoms. The van der Waals surface area contributed by atoms with Crippen LogP contribution in [0.5, 0.6) is 0 Å². The van der Waals surface area contributed by atoms with Gasteiger partial charge in [0.05, 0.1) is 22.2 Å². The fourth-order valence-corrected chi connectivity index (χ4v) is 4.68. The molecule has 3 N–H and O–H groups in total. The van der Waals surface area contributed by atoms with E-state index >= 15 is 0 Å². The summed E-state index contributed by atoms with van der Waals surface area (Å²) >= 11 is 1.51. The van der Waals surface area contributed by atoms with E-state index in [4.69, 9.17) is 5.10 Å². The van der Waals surface area contributed by atoms with E-state index in [0.29, 0.717) is 24.0 Å². The predicted octanol–water partition coefficient (Wildman–Crippen LogP) is 2.76. The molecule has 7 nitrogen and oxygen atoms in total. The number of aryl methyl sites for hydroxylation is 1.